The Balaban J connectivity index is 1.38. The summed E-state index contributed by atoms with van der Waals surface area (Å²) in [6, 6.07) is 14.1. The van der Waals surface area contributed by atoms with Gasteiger partial charge in [-0.3, -0.25) is 9.69 Å². The summed E-state index contributed by atoms with van der Waals surface area (Å²) < 4.78 is 17.0. The van der Waals surface area contributed by atoms with Crippen molar-refractivity contribution < 1.29 is 18.7 Å². The molecule has 1 saturated heterocycles. The molecule has 1 unspecified atom stereocenters. The summed E-state index contributed by atoms with van der Waals surface area (Å²) in [5, 5.41) is 0. The number of aryl methyl sites for hydroxylation is 2. The average Bonchev–Trinajstić information content (AvgIpc) is 3.43. The van der Waals surface area contributed by atoms with Gasteiger partial charge in [0.05, 0.1) is 19.4 Å². The molecule has 1 aliphatic heterocycles. The van der Waals surface area contributed by atoms with Crippen LogP contribution < -0.4 is 4.74 Å². The number of carbonyl (C=O) groups excluding carboxylic acids is 1. The maximum absolute atomic E-state index is 12.1. The number of methoxy groups -OCH3 is 1. The lowest BCUT2D eigenvalue weighted by Gasteiger charge is -2.23. The third kappa shape index (κ3) is 5.28. The van der Waals surface area contributed by atoms with Crippen molar-refractivity contribution in [3.63, 3.8) is 0 Å². The number of aromatic nitrogens is 1. The van der Waals surface area contributed by atoms with E-state index in [0.29, 0.717) is 25.5 Å². The molecular weight excluding hydrogens is 416 g/mol. The van der Waals surface area contributed by atoms with Crippen molar-refractivity contribution in [2.45, 2.75) is 52.6 Å². The van der Waals surface area contributed by atoms with Gasteiger partial charge in [-0.1, -0.05) is 29.8 Å². The molecule has 0 saturated carbocycles. The van der Waals surface area contributed by atoms with Gasteiger partial charge in [-0.15, -0.1) is 0 Å². The highest BCUT2D eigenvalue weighted by Crippen LogP contribution is 2.27. The molecule has 6 heteroatoms. The minimum absolute atomic E-state index is 0.148. The second kappa shape index (κ2) is 10.2. The minimum Gasteiger partial charge on any atom is -0.493 e. The number of benzene rings is 2. The van der Waals surface area contributed by atoms with E-state index in [1.54, 1.807) is 0 Å². The number of oxazole rings is 1. The lowest BCUT2D eigenvalue weighted by molar-refractivity contribution is -0.146. The molecule has 1 atom stereocenters. The van der Waals surface area contributed by atoms with Crippen molar-refractivity contribution in [1.82, 2.24) is 9.88 Å². The summed E-state index contributed by atoms with van der Waals surface area (Å²) in [7, 11) is 1.46. The molecule has 2 heterocycles. The van der Waals surface area contributed by atoms with Crippen LogP contribution in [0.5, 0.6) is 5.75 Å². The maximum atomic E-state index is 12.1. The predicted molar refractivity (Wildman–Crippen MR) is 127 cm³/mol. The fourth-order valence-electron chi connectivity index (χ4n) is 4.36. The van der Waals surface area contributed by atoms with E-state index in [1.807, 2.05) is 31.2 Å². The lowest BCUT2D eigenvalue weighted by Crippen LogP contribution is -2.36. The molecule has 3 aromatic rings. The molecule has 0 N–H and O–H groups in total. The van der Waals surface area contributed by atoms with Crippen LogP contribution in [-0.4, -0.2) is 42.2 Å². The van der Waals surface area contributed by atoms with E-state index in [9.17, 15) is 4.79 Å². The molecule has 0 spiro atoms. The van der Waals surface area contributed by atoms with Crippen LogP contribution in [-0.2, 0) is 22.5 Å². The minimum atomic E-state index is -0.156. The Morgan fingerprint density at radius 3 is 2.70 bits per heavy atom. The first-order chi connectivity index (χ1) is 16.0. The van der Waals surface area contributed by atoms with Crippen LogP contribution in [0.15, 0.2) is 46.9 Å². The second-order valence-corrected chi connectivity index (χ2v) is 8.68. The maximum Gasteiger partial charge on any atom is 0.323 e. The monoisotopic (exact) mass is 448 g/mol. The van der Waals surface area contributed by atoms with Crippen LogP contribution in [0.3, 0.4) is 0 Å². The molecule has 0 bridgehead atoms. The number of esters is 1. The smallest absolute Gasteiger partial charge is 0.323 e. The average molecular weight is 449 g/mol. The zero-order valence-electron chi connectivity index (χ0n) is 19.9. The Kier molecular flexibility index (Phi) is 7.14. The van der Waals surface area contributed by atoms with Crippen molar-refractivity contribution >= 4 is 5.97 Å². The van der Waals surface area contributed by atoms with E-state index in [-0.39, 0.29) is 12.0 Å². The number of nitrogens with zero attached hydrogens (tertiary/aromatic N) is 2. The second-order valence-electron chi connectivity index (χ2n) is 8.68. The summed E-state index contributed by atoms with van der Waals surface area (Å²) in [4.78, 5) is 19.0. The standard InChI is InChI=1S/C27H32N2O4/c1-18-10-12-21(13-11-18)26-28-23(20(3)33-26)14-16-32-25-9-5-7-22(19(25)2)17-29-15-6-8-24(29)27(30)31-4/h5,7,9-13,24H,6,8,14-17H2,1-4H3. The van der Waals surface area contributed by atoms with Gasteiger partial charge in [0.1, 0.15) is 17.6 Å². The van der Waals surface area contributed by atoms with E-state index in [1.165, 1.54) is 18.2 Å². The molecule has 0 radical (unpaired) electrons. The van der Waals surface area contributed by atoms with Gasteiger partial charge in [0.25, 0.3) is 0 Å². The van der Waals surface area contributed by atoms with Crippen LogP contribution in [0, 0.1) is 20.8 Å². The molecule has 6 nitrogen and oxygen atoms in total. The molecule has 33 heavy (non-hydrogen) atoms. The van der Waals surface area contributed by atoms with Gasteiger partial charge >= 0.3 is 5.97 Å². The number of likely N-dealkylation sites (tertiary alicyclic amines) is 1. The van der Waals surface area contributed by atoms with Crippen LogP contribution in [0.2, 0.25) is 0 Å². The number of ether oxygens (including phenoxy) is 2. The van der Waals surface area contributed by atoms with Gasteiger partial charge in [0.15, 0.2) is 0 Å². The Morgan fingerprint density at radius 2 is 1.94 bits per heavy atom. The molecule has 1 fully saturated rings. The van der Waals surface area contributed by atoms with Gasteiger partial charge in [-0.25, -0.2) is 4.98 Å². The largest absolute Gasteiger partial charge is 0.493 e. The molecule has 174 valence electrons. The zero-order chi connectivity index (χ0) is 23.4. The fourth-order valence-corrected chi connectivity index (χ4v) is 4.36. The quantitative estimate of drug-likeness (QED) is 0.451. The molecule has 0 amide bonds. The SMILES string of the molecule is COC(=O)C1CCCN1Cc1cccc(OCCc2nc(-c3ccc(C)cc3)oc2C)c1C. The highest BCUT2D eigenvalue weighted by molar-refractivity contribution is 5.76. The van der Waals surface area contributed by atoms with Gasteiger partial charge in [0, 0.05) is 18.5 Å². The van der Waals surface area contributed by atoms with E-state index in [0.717, 1.165) is 47.7 Å². The van der Waals surface area contributed by atoms with Crippen molar-refractivity contribution in [3.8, 4) is 17.2 Å². The summed E-state index contributed by atoms with van der Waals surface area (Å²) >= 11 is 0. The first kappa shape index (κ1) is 23.1. The van der Waals surface area contributed by atoms with Crippen LogP contribution in [0.4, 0.5) is 0 Å². The Morgan fingerprint density at radius 1 is 1.15 bits per heavy atom. The number of rotatable bonds is 8. The number of hydrogen-bond donors (Lipinski definition) is 0. The summed E-state index contributed by atoms with van der Waals surface area (Å²) in [6.45, 7) is 8.21. The lowest BCUT2D eigenvalue weighted by atomic mass is 10.1. The first-order valence-corrected chi connectivity index (χ1v) is 11.5. The van der Waals surface area contributed by atoms with Crippen molar-refractivity contribution in [2.75, 3.05) is 20.3 Å². The first-order valence-electron chi connectivity index (χ1n) is 11.5. The van der Waals surface area contributed by atoms with E-state index in [4.69, 9.17) is 13.9 Å². The molecule has 1 aromatic heterocycles. The van der Waals surface area contributed by atoms with Crippen molar-refractivity contribution in [1.29, 1.82) is 0 Å². The van der Waals surface area contributed by atoms with E-state index >= 15 is 0 Å². The third-order valence-electron chi connectivity index (χ3n) is 6.39. The predicted octanol–water partition coefficient (Wildman–Crippen LogP) is 5.03. The molecule has 0 aliphatic carbocycles. The Labute approximate surface area is 195 Å². The van der Waals surface area contributed by atoms with E-state index < -0.39 is 0 Å². The molecular formula is C27H32N2O4. The Hall–Kier alpha value is -3.12. The van der Waals surface area contributed by atoms with Crippen LogP contribution >= 0.6 is 0 Å². The fraction of sp³-hybridized carbons (Fsp3) is 0.407. The van der Waals surface area contributed by atoms with Crippen LogP contribution in [0.25, 0.3) is 11.5 Å². The van der Waals surface area contributed by atoms with Crippen molar-refractivity contribution in [2.24, 2.45) is 0 Å². The molecule has 1 aliphatic rings. The topological polar surface area (TPSA) is 64.8 Å². The number of carbonyl (C=O) groups is 1. The normalized spacial score (nSPS) is 16.2. The van der Waals surface area contributed by atoms with Gasteiger partial charge in [-0.2, -0.15) is 0 Å². The summed E-state index contributed by atoms with van der Waals surface area (Å²) in [5.41, 5.74) is 5.37. The zero-order valence-corrected chi connectivity index (χ0v) is 19.9. The van der Waals surface area contributed by atoms with Gasteiger partial charge in [0.2, 0.25) is 5.89 Å². The van der Waals surface area contributed by atoms with Gasteiger partial charge < -0.3 is 13.9 Å². The van der Waals surface area contributed by atoms with E-state index in [2.05, 4.69) is 41.9 Å². The number of hydrogen-bond acceptors (Lipinski definition) is 6. The third-order valence-corrected chi connectivity index (χ3v) is 6.39. The Bertz CT molecular complexity index is 1100. The molecule has 4 rings (SSSR count). The highest BCUT2D eigenvalue weighted by atomic mass is 16.5. The van der Waals surface area contributed by atoms with Crippen LogP contribution in [0.1, 0.15) is 41.0 Å². The highest BCUT2D eigenvalue weighted by Gasteiger charge is 2.31. The van der Waals surface area contributed by atoms with Gasteiger partial charge in [-0.05, 0) is 69.5 Å². The summed E-state index contributed by atoms with van der Waals surface area (Å²) in [5.74, 6) is 2.18. The van der Waals surface area contributed by atoms with Crippen molar-refractivity contribution in [3.05, 3.63) is 70.6 Å². The summed E-state index contributed by atoms with van der Waals surface area (Å²) in [6.07, 6.45) is 2.53. The molecule has 2 aromatic carbocycles.